The van der Waals surface area contributed by atoms with E-state index in [0.29, 0.717) is 40.5 Å². The van der Waals surface area contributed by atoms with Crippen LogP contribution in [0, 0.1) is 0 Å². The van der Waals surface area contributed by atoms with Gasteiger partial charge in [-0.15, -0.1) is 11.3 Å². The van der Waals surface area contributed by atoms with Crippen molar-refractivity contribution >= 4 is 46.3 Å². The van der Waals surface area contributed by atoms with E-state index in [-0.39, 0.29) is 18.4 Å². The largest absolute Gasteiger partial charge is 0.486 e. The Morgan fingerprint density at radius 1 is 1.03 bits per heavy atom. The molecule has 3 N–H and O–H groups in total. The second-order valence-electron chi connectivity index (χ2n) is 7.15. The van der Waals surface area contributed by atoms with Crippen LogP contribution in [0.25, 0.3) is 0 Å². The number of thiazole rings is 1. The summed E-state index contributed by atoms with van der Waals surface area (Å²) in [5, 5.41) is 11.8. The number of benzene rings is 2. The van der Waals surface area contributed by atoms with Gasteiger partial charge in [0.1, 0.15) is 17.4 Å². The van der Waals surface area contributed by atoms with E-state index in [1.54, 1.807) is 48.5 Å². The molecule has 0 atom stereocenters. The molecule has 3 aromatic rings. The Labute approximate surface area is 188 Å². The Kier molecular flexibility index (Phi) is 6.69. The molecule has 0 spiro atoms. The van der Waals surface area contributed by atoms with Crippen LogP contribution in [0.4, 0.5) is 16.2 Å². The second kappa shape index (κ2) is 9.80. The smallest absolute Gasteiger partial charge is 0.319 e. The van der Waals surface area contributed by atoms with Gasteiger partial charge in [0.2, 0.25) is 5.91 Å². The van der Waals surface area contributed by atoms with Crippen molar-refractivity contribution in [2.24, 2.45) is 0 Å². The number of carbonyl (C=O) groups excluding carboxylic acids is 2. The molecular formula is C22H21ClN4O3S. The van der Waals surface area contributed by atoms with Crippen LogP contribution in [-0.4, -0.2) is 23.0 Å². The predicted molar refractivity (Wildman–Crippen MR) is 122 cm³/mol. The summed E-state index contributed by atoms with van der Waals surface area (Å²) >= 11 is 7.31. The van der Waals surface area contributed by atoms with Crippen molar-refractivity contribution in [2.75, 3.05) is 10.6 Å². The zero-order chi connectivity index (χ0) is 21.6. The van der Waals surface area contributed by atoms with Gasteiger partial charge in [0.05, 0.1) is 12.1 Å². The Hall–Kier alpha value is -3.10. The van der Waals surface area contributed by atoms with Crippen LogP contribution in [0.2, 0.25) is 5.02 Å². The van der Waals surface area contributed by atoms with Crippen LogP contribution in [0.5, 0.6) is 5.75 Å². The van der Waals surface area contributed by atoms with Gasteiger partial charge in [-0.05, 0) is 61.4 Å². The molecule has 9 heteroatoms. The number of aromatic nitrogens is 1. The molecule has 4 rings (SSSR count). The monoisotopic (exact) mass is 456 g/mol. The highest BCUT2D eigenvalue weighted by atomic mass is 35.5. The lowest BCUT2D eigenvalue weighted by atomic mass is 10.2. The third-order valence-electron chi connectivity index (χ3n) is 4.46. The van der Waals surface area contributed by atoms with Gasteiger partial charge in [-0.1, -0.05) is 11.6 Å². The summed E-state index contributed by atoms with van der Waals surface area (Å²) < 4.78 is 5.68. The number of nitrogens with one attached hydrogen (secondary N) is 3. The van der Waals surface area contributed by atoms with E-state index < -0.39 is 0 Å². The number of carbonyl (C=O) groups is 2. The molecular weight excluding hydrogens is 436 g/mol. The first-order valence-corrected chi connectivity index (χ1v) is 11.1. The zero-order valence-corrected chi connectivity index (χ0v) is 18.1. The highest BCUT2D eigenvalue weighted by Crippen LogP contribution is 2.20. The average molecular weight is 457 g/mol. The number of ether oxygens (including phenoxy) is 1. The first kappa shape index (κ1) is 21.1. The lowest BCUT2D eigenvalue weighted by molar-refractivity contribution is -0.115. The number of urea groups is 1. The normalized spacial score (nSPS) is 12.8. The summed E-state index contributed by atoms with van der Waals surface area (Å²) in [5.41, 5.74) is 2.01. The summed E-state index contributed by atoms with van der Waals surface area (Å²) in [7, 11) is 0. The molecule has 1 aliphatic carbocycles. The van der Waals surface area contributed by atoms with E-state index in [9.17, 15) is 9.59 Å². The molecule has 7 nitrogen and oxygen atoms in total. The molecule has 31 heavy (non-hydrogen) atoms. The van der Waals surface area contributed by atoms with Crippen LogP contribution < -0.4 is 20.7 Å². The van der Waals surface area contributed by atoms with Crippen molar-refractivity contribution in [3.8, 4) is 5.75 Å². The van der Waals surface area contributed by atoms with Gasteiger partial charge < -0.3 is 20.7 Å². The van der Waals surface area contributed by atoms with Crippen LogP contribution >= 0.6 is 22.9 Å². The van der Waals surface area contributed by atoms with Crippen molar-refractivity contribution in [1.29, 1.82) is 0 Å². The minimum atomic E-state index is -0.210. The summed E-state index contributed by atoms with van der Waals surface area (Å²) in [5.74, 6) is 0.546. The highest BCUT2D eigenvalue weighted by molar-refractivity contribution is 7.09. The maximum absolute atomic E-state index is 12.3. The Morgan fingerprint density at radius 2 is 1.71 bits per heavy atom. The maximum atomic E-state index is 12.3. The van der Waals surface area contributed by atoms with E-state index in [2.05, 4.69) is 20.9 Å². The van der Waals surface area contributed by atoms with Crippen molar-refractivity contribution in [1.82, 2.24) is 10.3 Å². The van der Waals surface area contributed by atoms with Gasteiger partial charge in [-0.3, -0.25) is 4.79 Å². The number of hydrogen-bond donors (Lipinski definition) is 3. The molecule has 0 unspecified atom stereocenters. The van der Waals surface area contributed by atoms with Crippen LogP contribution in [-0.2, 0) is 17.8 Å². The highest BCUT2D eigenvalue weighted by Gasteiger charge is 2.23. The first-order valence-electron chi connectivity index (χ1n) is 9.82. The van der Waals surface area contributed by atoms with Crippen molar-refractivity contribution in [3.63, 3.8) is 0 Å². The molecule has 0 saturated heterocycles. The number of hydrogen-bond acceptors (Lipinski definition) is 5. The quantitative estimate of drug-likeness (QED) is 0.452. The van der Waals surface area contributed by atoms with Crippen LogP contribution in [0.15, 0.2) is 53.9 Å². The summed E-state index contributed by atoms with van der Waals surface area (Å²) in [4.78, 5) is 28.5. The Morgan fingerprint density at radius 3 is 2.39 bits per heavy atom. The molecule has 1 saturated carbocycles. The molecule has 0 radical (unpaired) electrons. The van der Waals surface area contributed by atoms with E-state index in [0.717, 1.165) is 17.8 Å². The summed E-state index contributed by atoms with van der Waals surface area (Å²) in [6.07, 6.45) is 2.24. The fourth-order valence-electron chi connectivity index (χ4n) is 2.76. The number of amides is 3. The minimum Gasteiger partial charge on any atom is -0.486 e. The van der Waals surface area contributed by atoms with Crippen molar-refractivity contribution in [2.45, 2.75) is 31.9 Å². The van der Waals surface area contributed by atoms with Gasteiger partial charge in [0.25, 0.3) is 0 Å². The lowest BCUT2D eigenvalue weighted by Crippen LogP contribution is -2.30. The zero-order valence-electron chi connectivity index (χ0n) is 16.6. The Bertz CT molecular complexity index is 1050. The topological polar surface area (TPSA) is 92.3 Å². The second-order valence-corrected chi connectivity index (χ2v) is 8.53. The minimum absolute atomic E-state index is 0.164. The van der Waals surface area contributed by atoms with Gasteiger partial charge in [-0.25, -0.2) is 9.78 Å². The third kappa shape index (κ3) is 6.70. The molecule has 1 aromatic heterocycles. The van der Waals surface area contributed by atoms with Crippen LogP contribution in [0.1, 0.15) is 23.5 Å². The van der Waals surface area contributed by atoms with E-state index in [4.69, 9.17) is 16.3 Å². The molecule has 1 aliphatic rings. The van der Waals surface area contributed by atoms with Gasteiger partial charge in [0.15, 0.2) is 0 Å². The van der Waals surface area contributed by atoms with E-state index >= 15 is 0 Å². The molecule has 0 bridgehead atoms. The number of anilines is 2. The van der Waals surface area contributed by atoms with Crippen LogP contribution in [0.3, 0.4) is 0 Å². The number of rotatable bonds is 8. The van der Waals surface area contributed by atoms with E-state index in [1.807, 2.05) is 5.38 Å². The SMILES string of the molecule is O=C(Cc1csc(COc2ccc(Cl)cc2)n1)Nc1ccc(NC(=O)NC2CC2)cc1. The molecule has 1 heterocycles. The predicted octanol–water partition coefficient (Wildman–Crippen LogP) is 4.84. The third-order valence-corrected chi connectivity index (χ3v) is 5.58. The summed E-state index contributed by atoms with van der Waals surface area (Å²) in [6, 6.07) is 14.2. The molecule has 160 valence electrons. The van der Waals surface area contributed by atoms with Crippen molar-refractivity contribution in [3.05, 3.63) is 69.6 Å². The lowest BCUT2D eigenvalue weighted by Gasteiger charge is -2.08. The molecule has 3 amide bonds. The molecule has 2 aromatic carbocycles. The molecule has 0 aliphatic heterocycles. The van der Waals surface area contributed by atoms with E-state index in [1.165, 1.54) is 11.3 Å². The fraction of sp³-hybridized carbons (Fsp3) is 0.227. The van der Waals surface area contributed by atoms with Gasteiger partial charge in [0, 0.05) is 27.8 Å². The number of halogens is 1. The van der Waals surface area contributed by atoms with Gasteiger partial charge >= 0.3 is 6.03 Å². The fourth-order valence-corrected chi connectivity index (χ4v) is 3.59. The maximum Gasteiger partial charge on any atom is 0.319 e. The summed E-state index contributed by atoms with van der Waals surface area (Å²) in [6.45, 7) is 0.330. The standard InChI is InChI=1S/C22H21ClN4O3S/c23-14-1-9-19(10-2-14)30-12-21-25-18(13-31-21)11-20(28)24-15-3-5-16(6-4-15)26-22(29)27-17-7-8-17/h1-6,9-10,13,17H,7-8,11-12H2,(H,24,28)(H2,26,27,29). The first-order chi connectivity index (χ1) is 15.0. The number of nitrogens with zero attached hydrogens (tertiary/aromatic N) is 1. The van der Waals surface area contributed by atoms with Crippen molar-refractivity contribution < 1.29 is 14.3 Å². The molecule has 1 fully saturated rings. The average Bonchev–Trinajstić information content (AvgIpc) is 3.45. The van der Waals surface area contributed by atoms with Gasteiger partial charge in [-0.2, -0.15) is 0 Å². The Balaban J connectivity index is 1.23.